The molecule has 2 rings (SSSR count). The largest absolute Gasteiger partial charge is 0.350 e. The third kappa shape index (κ3) is 3.48. The van der Waals surface area contributed by atoms with Gasteiger partial charge in [0.1, 0.15) is 5.69 Å². The molecule has 0 fully saturated rings. The van der Waals surface area contributed by atoms with Crippen molar-refractivity contribution in [2.24, 2.45) is 10.1 Å². The third-order valence-corrected chi connectivity index (χ3v) is 2.28. The van der Waals surface area contributed by atoms with E-state index < -0.39 is 0 Å². The summed E-state index contributed by atoms with van der Waals surface area (Å²) >= 11 is 0. The highest BCUT2D eigenvalue weighted by Crippen LogP contribution is 2.13. The monoisotopic (exact) mass is 259 g/mol. The van der Waals surface area contributed by atoms with Crippen LogP contribution >= 0.6 is 0 Å². The number of rotatable bonds is 4. The normalized spacial score (nSPS) is 10.7. The first-order valence-electron chi connectivity index (χ1n) is 5.79. The minimum absolute atomic E-state index is 0.759. The predicted molar refractivity (Wildman–Crippen MR) is 70.8 cm³/mol. The van der Waals surface area contributed by atoms with Gasteiger partial charge in [0.05, 0.1) is 11.4 Å². The molecule has 0 atom stereocenters. The number of aryl methyl sites for hydroxylation is 1. The molecular weight excluding hydrogens is 244 g/mol. The average molecular weight is 259 g/mol. The second-order valence-corrected chi connectivity index (χ2v) is 4.12. The first kappa shape index (κ1) is 12.9. The van der Waals surface area contributed by atoms with Gasteiger partial charge in [-0.2, -0.15) is 4.57 Å². The fraction of sp³-hybridized carbons (Fsp3) is 0.231. The van der Waals surface area contributed by atoms with Crippen LogP contribution in [0.5, 0.6) is 0 Å². The van der Waals surface area contributed by atoms with E-state index >= 15 is 0 Å². The second kappa shape index (κ2) is 5.90. The maximum absolute atomic E-state index is 4.91. The first-order valence-corrected chi connectivity index (χ1v) is 5.79. The zero-order valence-electron chi connectivity index (χ0n) is 11.1. The standard InChI is InChI=1S/C13H15N4O2/c1-10(2)15-18-8-14-12-5-4-6-13(7-12)17-9-19-16-11(17)3/h4-9H,1-3H3/q+1. The van der Waals surface area contributed by atoms with Gasteiger partial charge in [0.15, 0.2) is 5.16 Å². The fourth-order valence-corrected chi connectivity index (χ4v) is 1.45. The highest BCUT2D eigenvalue weighted by atomic mass is 16.6. The summed E-state index contributed by atoms with van der Waals surface area (Å²) in [5.41, 5.74) is 2.51. The molecule has 0 unspecified atom stereocenters. The Morgan fingerprint density at radius 3 is 2.95 bits per heavy atom. The lowest BCUT2D eigenvalue weighted by molar-refractivity contribution is -0.606. The van der Waals surface area contributed by atoms with Crippen molar-refractivity contribution in [1.29, 1.82) is 0 Å². The Morgan fingerprint density at radius 2 is 2.26 bits per heavy atom. The van der Waals surface area contributed by atoms with Gasteiger partial charge in [-0.05, 0) is 26.0 Å². The minimum atomic E-state index is 0.759. The average Bonchev–Trinajstić information content (AvgIpc) is 2.81. The number of hydrogen-bond donors (Lipinski definition) is 0. The molecule has 98 valence electrons. The lowest BCUT2D eigenvalue weighted by atomic mass is 10.3. The molecule has 0 bridgehead atoms. The van der Waals surface area contributed by atoms with Crippen LogP contribution in [0.2, 0.25) is 0 Å². The molecule has 0 spiro atoms. The molecule has 0 N–H and O–H groups in total. The summed E-state index contributed by atoms with van der Waals surface area (Å²) in [4.78, 5) is 9.07. The van der Waals surface area contributed by atoms with Gasteiger partial charge in [0.25, 0.3) is 0 Å². The van der Waals surface area contributed by atoms with Crippen molar-refractivity contribution < 1.29 is 13.9 Å². The summed E-state index contributed by atoms with van der Waals surface area (Å²) in [6.45, 7) is 5.56. The third-order valence-electron chi connectivity index (χ3n) is 2.28. The van der Waals surface area contributed by atoms with Crippen LogP contribution in [0, 0.1) is 6.92 Å². The smallest absolute Gasteiger partial charge is 0.345 e. The van der Waals surface area contributed by atoms with Crippen LogP contribution in [0.1, 0.15) is 19.7 Å². The summed E-state index contributed by atoms with van der Waals surface area (Å²) in [7, 11) is 0. The Hall–Kier alpha value is -2.50. The first-order chi connectivity index (χ1) is 9.16. The zero-order valence-corrected chi connectivity index (χ0v) is 11.1. The molecule has 0 amide bonds. The number of nitrogens with zero attached hydrogens (tertiary/aromatic N) is 4. The number of aromatic nitrogens is 2. The maximum Gasteiger partial charge on any atom is 0.350 e. The number of aliphatic imine (C=N–C) groups is 1. The van der Waals surface area contributed by atoms with Gasteiger partial charge in [0.2, 0.25) is 6.40 Å². The second-order valence-electron chi connectivity index (χ2n) is 4.12. The van der Waals surface area contributed by atoms with Gasteiger partial charge in [-0.15, -0.1) is 0 Å². The number of benzene rings is 1. The van der Waals surface area contributed by atoms with Crippen molar-refractivity contribution in [3.8, 4) is 5.69 Å². The van der Waals surface area contributed by atoms with Crippen molar-refractivity contribution >= 4 is 17.8 Å². The molecule has 19 heavy (non-hydrogen) atoms. The number of hydrogen-bond acceptors (Lipinski definition) is 5. The lowest BCUT2D eigenvalue weighted by Crippen LogP contribution is -2.30. The summed E-state index contributed by atoms with van der Waals surface area (Å²) in [5, 5.41) is 7.59. The molecule has 0 radical (unpaired) electrons. The van der Waals surface area contributed by atoms with Gasteiger partial charge in [-0.3, -0.25) is 0 Å². The topological polar surface area (TPSA) is 63.9 Å². The van der Waals surface area contributed by atoms with Crippen LogP contribution in [-0.4, -0.2) is 17.3 Å². The van der Waals surface area contributed by atoms with Crippen LogP contribution in [-0.2, 0) is 4.84 Å². The van der Waals surface area contributed by atoms with E-state index in [0.717, 1.165) is 22.9 Å². The van der Waals surface area contributed by atoms with E-state index in [2.05, 4.69) is 15.3 Å². The van der Waals surface area contributed by atoms with Crippen LogP contribution < -0.4 is 4.57 Å². The van der Waals surface area contributed by atoms with E-state index in [1.165, 1.54) is 6.40 Å². The summed E-state index contributed by atoms with van der Waals surface area (Å²) in [5.74, 6) is 0.767. The molecule has 1 aromatic carbocycles. The van der Waals surface area contributed by atoms with E-state index in [1.807, 2.05) is 49.6 Å². The van der Waals surface area contributed by atoms with Crippen molar-refractivity contribution in [3.05, 3.63) is 36.5 Å². The molecule has 1 heterocycles. The Balaban J connectivity index is 2.16. The molecule has 6 nitrogen and oxygen atoms in total. The van der Waals surface area contributed by atoms with Crippen molar-refractivity contribution in [1.82, 2.24) is 5.16 Å². The zero-order chi connectivity index (χ0) is 13.7. The Bertz CT molecular complexity index is 613. The molecule has 6 heteroatoms. The molecular formula is C13H15N4O2+. The summed E-state index contributed by atoms with van der Waals surface area (Å²) < 4.78 is 6.72. The Morgan fingerprint density at radius 1 is 1.42 bits per heavy atom. The van der Waals surface area contributed by atoms with E-state index in [9.17, 15) is 0 Å². The van der Waals surface area contributed by atoms with Crippen molar-refractivity contribution in [2.45, 2.75) is 20.8 Å². The van der Waals surface area contributed by atoms with Gasteiger partial charge in [0, 0.05) is 13.0 Å². The van der Waals surface area contributed by atoms with Crippen LogP contribution in [0.25, 0.3) is 5.69 Å². The Labute approximate surface area is 111 Å². The highest BCUT2D eigenvalue weighted by molar-refractivity contribution is 5.78. The molecule has 0 aliphatic heterocycles. The molecule has 0 saturated heterocycles. The van der Waals surface area contributed by atoms with Gasteiger partial charge >= 0.3 is 12.2 Å². The quantitative estimate of drug-likeness (QED) is 0.366. The summed E-state index contributed by atoms with van der Waals surface area (Å²) in [6, 6.07) is 7.61. The van der Waals surface area contributed by atoms with Crippen LogP contribution in [0.15, 0.2) is 45.3 Å². The van der Waals surface area contributed by atoms with Crippen LogP contribution in [0.3, 0.4) is 0 Å². The van der Waals surface area contributed by atoms with Crippen molar-refractivity contribution in [3.63, 3.8) is 0 Å². The van der Waals surface area contributed by atoms with E-state index in [0.29, 0.717) is 0 Å². The molecule has 0 aliphatic carbocycles. The van der Waals surface area contributed by atoms with E-state index in [4.69, 9.17) is 9.36 Å². The molecule has 0 saturated carbocycles. The van der Waals surface area contributed by atoms with Gasteiger partial charge < -0.3 is 4.84 Å². The SMILES string of the molecule is CC(C)=NOC=Nc1cccc(-[n+]2conc2C)c1. The minimum Gasteiger partial charge on any atom is -0.345 e. The predicted octanol–water partition coefficient (Wildman–Crippen LogP) is 2.33. The van der Waals surface area contributed by atoms with Gasteiger partial charge in [-0.1, -0.05) is 11.2 Å². The Kier molecular flexibility index (Phi) is 4.02. The highest BCUT2D eigenvalue weighted by Gasteiger charge is 2.12. The fourth-order valence-electron chi connectivity index (χ4n) is 1.45. The van der Waals surface area contributed by atoms with Crippen LogP contribution in [0.4, 0.5) is 5.69 Å². The maximum atomic E-state index is 4.91. The summed E-state index contributed by atoms with van der Waals surface area (Å²) in [6.07, 6.45) is 2.84. The van der Waals surface area contributed by atoms with E-state index in [-0.39, 0.29) is 0 Å². The molecule has 1 aromatic heterocycles. The van der Waals surface area contributed by atoms with Gasteiger partial charge in [-0.25, -0.2) is 9.52 Å². The van der Waals surface area contributed by atoms with E-state index in [1.54, 1.807) is 6.39 Å². The van der Waals surface area contributed by atoms with Crippen molar-refractivity contribution in [2.75, 3.05) is 0 Å². The molecule has 0 aliphatic rings. The number of oxime groups is 1. The molecule has 2 aromatic rings. The lowest BCUT2D eigenvalue weighted by Gasteiger charge is -1.97.